The molecule has 0 radical (unpaired) electrons. The molecule has 3 aromatic carbocycles. The number of aromatic nitrogens is 2. The zero-order valence-corrected chi connectivity index (χ0v) is 22.9. The largest absolute Gasteiger partial charge is 0.496 e. The Bertz CT molecular complexity index is 1700. The fourth-order valence-corrected chi connectivity index (χ4v) is 5.05. The fraction of sp³-hybridized carbons (Fsp3) is 0.194. The zero-order valence-electron chi connectivity index (χ0n) is 22.1. The number of fused-ring (bicyclic) bond motifs is 1. The summed E-state index contributed by atoms with van der Waals surface area (Å²) in [5.74, 6) is 2.04. The standard InChI is InChI=1S/C31H29N3O3S/c1-19(2)25-17-26(21(4)16-28(25)36-5)30-33-27-9-7-6-8-24(27)31(35)34(30)32-18-22-12-15-29(37-22)38-23-13-10-20(3)11-14-23/h6-19H,1-5H3. The first-order valence-electron chi connectivity index (χ1n) is 12.4. The van der Waals surface area contributed by atoms with Crippen LogP contribution in [0, 0.1) is 13.8 Å². The van der Waals surface area contributed by atoms with Crippen LogP contribution in [-0.4, -0.2) is 23.0 Å². The monoisotopic (exact) mass is 523 g/mol. The normalized spacial score (nSPS) is 11.6. The van der Waals surface area contributed by atoms with Crippen LogP contribution >= 0.6 is 11.8 Å². The maximum atomic E-state index is 13.6. The molecule has 0 bridgehead atoms. The molecule has 0 atom stereocenters. The number of ether oxygens (including phenoxy) is 1. The van der Waals surface area contributed by atoms with Gasteiger partial charge < -0.3 is 9.15 Å². The highest BCUT2D eigenvalue weighted by atomic mass is 32.2. The molecule has 0 saturated heterocycles. The van der Waals surface area contributed by atoms with Crippen molar-refractivity contribution in [1.82, 2.24) is 9.66 Å². The molecular weight excluding hydrogens is 494 g/mol. The van der Waals surface area contributed by atoms with Gasteiger partial charge in [-0.2, -0.15) is 9.78 Å². The van der Waals surface area contributed by atoms with E-state index in [4.69, 9.17) is 14.1 Å². The molecular formula is C31H29N3O3S. The highest BCUT2D eigenvalue weighted by Gasteiger charge is 2.18. The minimum atomic E-state index is -0.246. The van der Waals surface area contributed by atoms with Crippen molar-refractivity contribution in [2.75, 3.05) is 7.11 Å². The lowest BCUT2D eigenvalue weighted by atomic mass is 9.96. The van der Waals surface area contributed by atoms with Gasteiger partial charge in [-0.3, -0.25) is 4.79 Å². The number of hydrogen-bond acceptors (Lipinski definition) is 6. The van der Waals surface area contributed by atoms with Gasteiger partial charge in [-0.1, -0.05) is 55.4 Å². The molecule has 0 aliphatic heterocycles. The van der Waals surface area contributed by atoms with Crippen molar-refractivity contribution in [3.8, 4) is 17.1 Å². The summed E-state index contributed by atoms with van der Waals surface area (Å²) in [6, 6.07) is 23.4. The number of nitrogens with zero attached hydrogens (tertiary/aromatic N) is 3. The highest BCUT2D eigenvalue weighted by Crippen LogP contribution is 2.34. The number of furan rings is 1. The lowest BCUT2D eigenvalue weighted by Crippen LogP contribution is -2.20. The predicted molar refractivity (Wildman–Crippen MR) is 154 cm³/mol. The number of hydrogen-bond donors (Lipinski definition) is 0. The summed E-state index contributed by atoms with van der Waals surface area (Å²) in [5, 5.41) is 5.82. The molecule has 7 heteroatoms. The third-order valence-electron chi connectivity index (χ3n) is 6.34. The fourth-order valence-electron chi connectivity index (χ4n) is 4.27. The summed E-state index contributed by atoms with van der Waals surface area (Å²) < 4.78 is 13.0. The molecule has 0 spiro atoms. The molecule has 2 aromatic heterocycles. The van der Waals surface area contributed by atoms with E-state index in [1.807, 2.05) is 49.4 Å². The van der Waals surface area contributed by atoms with Crippen LogP contribution in [0.2, 0.25) is 0 Å². The third-order valence-corrected chi connectivity index (χ3v) is 7.26. The van der Waals surface area contributed by atoms with Crippen molar-refractivity contribution in [2.45, 2.75) is 43.6 Å². The van der Waals surface area contributed by atoms with Crippen LogP contribution in [0.3, 0.4) is 0 Å². The number of para-hydroxylation sites is 1. The Morgan fingerprint density at radius 3 is 2.53 bits per heavy atom. The van der Waals surface area contributed by atoms with E-state index in [1.165, 1.54) is 22.0 Å². The van der Waals surface area contributed by atoms with Crippen molar-refractivity contribution >= 4 is 28.9 Å². The number of aryl methyl sites for hydroxylation is 2. The second-order valence-corrected chi connectivity index (χ2v) is 10.5. The SMILES string of the molecule is COc1cc(C)c(-c2nc3ccccc3c(=O)n2N=Cc2ccc(Sc3ccc(C)cc3)o2)cc1C(C)C. The minimum Gasteiger partial charge on any atom is -0.496 e. The zero-order chi connectivity index (χ0) is 26.8. The summed E-state index contributed by atoms with van der Waals surface area (Å²) in [7, 11) is 1.67. The summed E-state index contributed by atoms with van der Waals surface area (Å²) in [5.41, 5.74) is 4.38. The van der Waals surface area contributed by atoms with E-state index >= 15 is 0 Å². The Morgan fingerprint density at radius 2 is 1.79 bits per heavy atom. The predicted octanol–water partition coefficient (Wildman–Crippen LogP) is 7.44. The summed E-state index contributed by atoms with van der Waals surface area (Å²) in [4.78, 5) is 19.6. The van der Waals surface area contributed by atoms with Gasteiger partial charge in [0.25, 0.3) is 5.56 Å². The van der Waals surface area contributed by atoms with E-state index in [2.05, 4.69) is 50.1 Å². The first kappa shape index (κ1) is 25.5. The van der Waals surface area contributed by atoms with Gasteiger partial charge in [0.2, 0.25) is 0 Å². The molecule has 0 aliphatic rings. The Labute approximate surface area is 226 Å². The quantitative estimate of drug-likeness (QED) is 0.207. The lowest BCUT2D eigenvalue weighted by Gasteiger charge is -2.17. The minimum absolute atomic E-state index is 0.223. The molecule has 2 heterocycles. The van der Waals surface area contributed by atoms with Gasteiger partial charge in [0.05, 0.1) is 24.2 Å². The highest BCUT2D eigenvalue weighted by molar-refractivity contribution is 7.99. The number of rotatable bonds is 7. The van der Waals surface area contributed by atoms with Gasteiger partial charge in [-0.05, 0) is 79.4 Å². The molecule has 5 rings (SSSR count). The Balaban J connectivity index is 1.59. The van der Waals surface area contributed by atoms with Gasteiger partial charge in [0.1, 0.15) is 11.5 Å². The van der Waals surface area contributed by atoms with E-state index in [-0.39, 0.29) is 11.5 Å². The van der Waals surface area contributed by atoms with E-state index in [1.54, 1.807) is 19.4 Å². The molecule has 0 amide bonds. The second-order valence-electron chi connectivity index (χ2n) is 9.45. The molecule has 5 aromatic rings. The smallest absolute Gasteiger partial charge is 0.282 e. The summed E-state index contributed by atoms with van der Waals surface area (Å²) >= 11 is 1.53. The molecule has 0 unspecified atom stereocenters. The van der Waals surface area contributed by atoms with Crippen molar-refractivity contribution < 1.29 is 9.15 Å². The molecule has 0 aliphatic carbocycles. The van der Waals surface area contributed by atoms with Gasteiger partial charge >= 0.3 is 0 Å². The van der Waals surface area contributed by atoms with E-state index in [0.717, 1.165) is 32.4 Å². The Morgan fingerprint density at radius 1 is 1.03 bits per heavy atom. The van der Waals surface area contributed by atoms with Crippen LogP contribution in [-0.2, 0) is 0 Å². The topological polar surface area (TPSA) is 69.6 Å². The molecule has 38 heavy (non-hydrogen) atoms. The number of methoxy groups -OCH3 is 1. The molecule has 0 N–H and O–H groups in total. The molecule has 6 nitrogen and oxygen atoms in total. The van der Waals surface area contributed by atoms with Crippen LogP contribution < -0.4 is 10.3 Å². The van der Waals surface area contributed by atoms with E-state index in [0.29, 0.717) is 22.5 Å². The van der Waals surface area contributed by atoms with Gasteiger partial charge in [0.15, 0.2) is 10.9 Å². The maximum absolute atomic E-state index is 13.6. The van der Waals surface area contributed by atoms with Crippen molar-refractivity contribution in [2.24, 2.45) is 5.10 Å². The van der Waals surface area contributed by atoms with Gasteiger partial charge in [0, 0.05) is 10.5 Å². The first-order chi connectivity index (χ1) is 18.3. The lowest BCUT2D eigenvalue weighted by molar-refractivity contribution is 0.407. The maximum Gasteiger partial charge on any atom is 0.282 e. The second kappa shape index (κ2) is 10.7. The van der Waals surface area contributed by atoms with E-state index < -0.39 is 0 Å². The van der Waals surface area contributed by atoms with E-state index in [9.17, 15) is 4.79 Å². The van der Waals surface area contributed by atoms with Crippen LogP contribution in [0.15, 0.2) is 97.1 Å². The summed E-state index contributed by atoms with van der Waals surface area (Å²) in [6.45, 7) is 8.27. The van der Waals surface area contributed by atoms with Crippen LogP contribution in [0.25, 0.3) is 22.3 Å². The van der Waals surface area contributed by atoms with Crippen LogP contribution in [0.4, 0.5) is 0 Å². The first-order valence-corrected chi connectivity index (χ1v) is 13.2. The third kappa shape index (κ3) is 5.15. The Hall–Kier alpha value is -4.10. The average Bonchev–Trinajstić information content (AvgIpc) is 3.36. The molecule has 0 saturated carbocycles. The molecule has 0 fully saturated rings. The van der Waals surface area contributed by atoms with Crippen molar-refractivity contribution in [3.05, 3.63) is 106 Å². The number of benzene rings is 3. The van der Waals surface area contributed by atoms with Gasteiger partial charge in [-0.25, -0.2) is 4.98 Å². The molecule has 192 valence electrons. The van der Waals surface area contributed by atoms with Crippen molar-refractivity contribution in [1.29, 1.82) is 0 Å². The van der Waals surface area contributed by atoms with Crippen LogP contribution in [0.5, 0.6) is 5.75 Å². The Kier molecular flexibility index (Phi) is 7.20. The average molecular weight is 524 g/mol. The van der Waals surface area contributed by atoms with Crippen molar-refractivity contribution in [3.63, 3.8) is 0 Å². The van der Waals surface area contributed by atoms with Gasteiger partial charge in [-0.15, -0.1) is 0 Å². The van der Waals surface area contributed by atoms with Crippen LogP contribution in [0.1, 0.15) is 42.2 Å². The summed E-state index contributed by atoms with van der Waals surface area (Å²) in [6.07, 6.45) is 1.56.